The molecule has 1 aromatic carbocycles. The minimum Gasteiger partial charge on any atom is -0.387 e. The molecule has 0 saturated heterocycles. The molecule has 1 heterocycles. The first-order chi connectivity index (χ1) is 8.29. The molecule has 0 radical (unpaired) electrons. The van der Waals surface area contributed by atoms with Gasteiger partial charge in [-0.25, -0.2) is 0 Å². The highest BCUT2D eigenvalue weighted by atomic mass is 19.4. The van der Waals surface area contributed by atoms with Crippen LogP contribution in [0.3, 0.4) is 0 Å². The predicted octanol–water partition coefficient (Wildman–Crippen LogP) is 2.96. The summed E-state index contributed by atoms with van der Waals surface area (Å²) in [6.07, 6.45) is -5.04. The molecule has 0 aromatic heterocycles. The van der Waals surface area contributed by atoms with Crippen molar-refractivity contribution in [1.82, 2.24) is 4.90 Å². The van der Waals surface area contributed by atoms with Crippen LogP contribution in [0.5, 0.6) is 0 Å². The van der Waals surface area contributed by atoms with Gasteiger partial charge in [-0.15, -0.1) is 0 Å². The SMILES string of the molecule is CC(C)N1Cc2cc(C(F)(F)F)ccc2C(O)C1. The summed E-state index contributed by atoms with van der Waals surface area (Å²) in [6, 6.07) is 3.77. The molecule has 1 unspecified atom stereocenters. The molecule has 5 heteroatoms. The summed E-state index contributed by atoms with van der Waals surface area (Å²) in [5, 5.41) is 9.95. The van der Waals surface area contributed by atoms with Crippen LogP contribution < -0.4 is 0 Å². The molecule has 0 amide bonds. The van der Waals surface area contributed by atoms with E-state index in [1.807, 2.05) is 18.7 Å². The maximum Gasteiger partial charge on any atom is 0.416 e. The number of fused-ring (bicyclic) bond motifs is 1. The second-order valence-electron chi connectivity index (χ2n) is 4.95. The van der Waals surface area contributed by atoms with Crippen LogP contribution in [0.2, 0.25) is 0 Å². The van der Waals surface area contributed by atoms with Crippen molar-refractivity contribution in [2.75, 3.05) is 6.54 Å². The Bertz CT molecular complexity index is 442. The lowest BCUT2D eigenvalue weighted by Gasteiger charge is -2.35. The Labute approximate surface area is 104 Å². The summed E-state index contributed by atoms with van der Waals surface area (Å²) >= 11 is 0. The van der Waals surface area contributed by atoms with Crippen molar-refractivity contribution >= 4 is 0 Å². The van der Waals surface area contributed by atoms with E-state index in [0.717, 1.165) is 12.1 Å². The first-order valence-electron chi connectivity index (χ1n) is 5.91. The quantitative estimate of drug-likeness (QED) is 0.838. The first-order valence-corrected chi connectivity index (χ1v) is 5.91. The highest BCUT2D eigenvalue weighted by molar-refractivity contribution is 5.36. The van der Waals surface area contributed by atoms with Crippen LogP contribution in [-0.4, -0.2) is 22.6 Å². The molecule has 1 aliphatic heterocycles. The molecule has 0 saturated carbocycles. The Morgan fingerprint density at radius 2 is 2.00 bits per heavy atom. The number of aliphatic hydroxyl groups is 1. The average molecular weight is 259 g/mol. The third kappa shape index (κ3) is 2.52. The molecule has 100 valence electrons. The van der Waals surface area contributed by atoms with Gasteiger partial charge in [-0.2, -0.15) is 13.2 Å². The van der Waals surface area contributed by atoms with Crippen molar-refractivity contribution in [2.45, 2.75) is 38.7 Å². The molecule has 18 heavy (non-hydrogen) atoms. The minimum absolute atomic E-state index is 0.197. The van der Waals surface area contributed by atoms with Gasteiger partial charge in [-0.3, -0.25) is 4.90 Å². The smallest absolute Gasteiger partial charge is 0.387 e. The Hall–Kier alpha value is -1.07. The monoisotopic (exact) mass is 259 g/mol. The topological polar surface area (TPSA) is 23.5 Å². The molecule has 2 nitrogen and oxygen atoms in total. The van der Waals surface area contributed by atoms with Gasteiger partial charge < -0.3 is 5.11 Å². The standard InChI is InChI=1S/C13H16F3NO/c1-8(2)17-6-9-5-10(13(14,15)16)3-4-11(9)12(18)7-17/h3-5,8,12,18H,6-7H2,1-2H3. The Morgan fingerprint density at radius 3 is 2.56 bits per heavy atom. The van der Waals surface area contributed by atoms with Crippen LogP contribution in [0, 0.1) is 0 Å². The molecule has 0 aliphatic carbocycles. The van der Waals surface area contributed by atoms with Gasteiger partial charge in [0.05, 0.1) is 11.7 Å². The third-order valence-electron chi connectivity index (χ3n) is 3.34. The summed E-state index contributed by atoms with van der Waals surface area (Å²) in [6.45, 7) is 4.85. The number of benzene rings is 1. The van der Waals surface area contributed by atoms with E-state index in [0.29, 0.717) is 24.2 Å². The normalized spacial score (nSPS) is 21.2. The highest BCUT2D eigenvalue weighted by Gasteiger charge is 2.33. The van der Waals surface area contributed by atoms with E-state index in [9.17, 15) is 18.3 Å². The lowest BCUT2D eigenvalue weighted by atomic mass is 9.94. The van der Waals surface area contributed by atoms with Crippen LogP contribution in [-0.2, 0) is 12.7 Å². The molecular formula is C13H16F3NO. The second-order valence-corrected chi connectivity index (χ2v) is 4.95. The van der Waals surface area contributed by atoms with Gasteiger partial charge in [-0.1, -0.05) is 6.07 Å². The maximum absolute atomic E-state index is 12.6. The molecule has 1 aliphatic rings. The molecule has 0 bridgehead atoms. The third-order valence-corrected chi connectivity index (χ3v) is 3.34. The zero-order chi connectivity index (χ0) is 13.5. The van der Waals surface area contributed by atoms with Crippen molar-refractivity contribution < 1.29 is 18.3 Å². The lowest BCUT2D eigenvalue weighted by Crippen LogP contribution is -2.38. The van der Waals surface area contributed by atoms with Gasteiger partial charge in [0.15, 0.2) is 0 Å². The van der Waals surface area contributed by atoms with E-state index in [1.165, 1.54) is 6.07 Å². The highest BCUT2D eigenvalue weighted by Crippen LogP contribution is 2.34. The van der Waals surface area contributed by atoms with Crippen LogP contribution in [0.1, 0.15) is 36.6 Å². The van der Waals surface area contributed by atoms with Gasteiger partial charge in [0.2, 0.25) is 0 Å². The van der Waals surface area contributed by atoms with E-state index in [4.69, 9.17) is 0 Å². The first kappa shape index (κ1) is 13.4. The molecule has 1 N–H and O–H groups in total. The van der Waals surface area contributed by atoms with E-state index < -0.39 is 17.8 Å². The molecule has 1 aromatic rings. The fraction of sp³-hybridized carbons (Fsp3) is 0.538. The zero-order valence-corrected chi connectivity index (χ0v) is 10.3. The molecule has 1 atom stereocenters. The molecule has 0 fully saturated rings. The number of halogens is 3. The molecule has 2 rings (SSSR count). The van der Waals surface area contributed by atoms with E-state index in [1.54, 1.807) is 0 Å². The van der Waals surface area contributed by atoms with Gasteiger partial charge >= 0.3 is 6.18 Å². The van der Waals surface area contributed by atoms with Gasteiger partial charge in [0.1, 0.15) is 0 Å². The fourth-order valence-corrected chi connectivity index (χ4v) is 2.24. The number of rotatable bonds is 1. The van der Waals surface area contributed by atoms with Crippen molar-refractivity contribution in [3.05, 3.63) is 34.9 Å². The lowest BCUT2D eigenvalue weighted by molar-refractivity contribution is -0.137. The summed E-state index contributed by atoms with van der Waals surface area (Å²) in [7, 11) is 0. The van der Waals surface area contributed by atoms with Crippen LogP contribution in [0.25, 0.3) is 0 Å². The van der Waals surface area contributed by atoms with E-state index in [2.05, 4.69) is 0 Å². The van der Waals surface area contributed by atoms with E-state index >= 15 is 0 Å². The van der Waals surface area contributed by atoms with Gasteiger partial charge in [0, 0.05) is 19.1 Å². The summed E-state index contributed by atoms with van der Waals surface area (Å²) in [5.74, 6) is 0. The molecular weight excluding hydrogens is 243 g/mol. The summed E-state index contributed by atoms with van der Waals surface area (Å²) in [5.41, 5.74) is 0.524. The summed E-state index contributed by atoms with van der Waals surface area (Å²) < 4.78 is 37.9. The average Bonchev–Trinajstić information content (AvgIpc) is 2.26. The largest absolute Gasteiger partial charge is 0.416 e. The van der Waals surface area contributed by atoms with Crippen molar-refractivity contribution in [2.24, 2.45) is 0 Å². The fourth-order valence-electron chi connectivity index (χ4n) is 2.24. The van der Waals surface area contributed by atoms with Gasteiger partial charge in [0.25, 0.3) is 0 Å². The van der Waals surface area contributed by atoms with Crippen molar-refractivity contribution in [3.63, 3.8) is 0 Å². The number of aliphatic hydroxyl groups excluding tert-OH is 1. The zero-order valence-electron chi connectivity index (χ0n) is 10.3. The number of hydrogen-bond donors (Lipinski definition) is 1. The number of nitrogens with zero attached hydrogens (tertiary/aromatic N) is 1. The minimum atomic E-state index is -4.33. The van der Waals surface area contributed by atoms with Crippen LogP contribution in [0.4, 0.5) is 13.2 Å². The Morgan fingerprint density at radius 1 is 1.33 bits per heavy atom. The van der Waals surface area contributed by atoms with Crippen molar-refractivity contribution in [1.29, 1.82) is 0 Å². The number of β-amino-alcohol motifs (C(OH)–C–C–N with tert-alkyl or cyclic N) is 1. The number of hydrogen-bond acceptors (Lipinski definition) is 2. The summed E-state index contributed by atoms with van der Waals surface area (Å²) in [4.78, 5) is 1.97. The second kappa shape index (κ2) is 4.55. The Kier molecular flexibility index (Phi) is 3.38. The van der Waals surface area contributed by atoms with E-state index in [-0.39, 0.29) is 6.04 Å². The predicted molar refractivity (Wildman–Crippen MR) is 61.9 cm³/mol. The van der Waals surface area contributed by atoms with Gasteiger partial charge in [-0.05, 0) is 37.1 Å². The van der Waals surface area contributed by atoms with Crippen LogP contribution >= 0.6 is 0 Å². The Balaban J connectivity index is 2.37. The molecule has 0 spiro atoms. The van der Waals surface area contributed by atoms with Crippen molar-refractivity contribution in [3.8, 4) is 0 Å². The van der Waals surface area contributed by atoms with Crippen LogP contribution in [0.15, 0.2) is 18.2 Å². The maximum atomic E-state index is 12.6. The number of alkyl halides is 3.